The predicted molar refractivity (Wildman–Crippen MR) is 134 cm³/mol. The van der Waals surface area contributed by atoms with Gasteiger partial charge in [-0.05, 0) is 43.2 Å². The van der Waals surface area contributed by atoms with Crippen molar-refractivity contribution in [3.8, 4) is 5.69 Å². The Labute approximate surface area is 202 Å². The van der Waals surface area contributed by atoms with Crippen LogP contribution in [0.15, 0.2) is 84.3 Å². The fraction of sp³-hybridized carbons (Fsp3) is 0.154. The van der Waals surface area contributed by atoms with E-state index in [1.54, 1.807) is 30.6 Å². The van der Waals surface area contributed by atoms with Crippen LogP contribution in [0, 0.1) is 13.8 Å². The van der Waals surface area contributed by atoms with Crippen molar-refractivity contribution in [2.45, 2.75) is 25.5 Å². The minimum Gasteiger partial charge on any atom is -0.348 e. The van der Waals surface area contributed by atoms with E-state index in [0.717, 1.165) is 22.4 Å². The summed E-state index contributed by atoms with van der Waals surface area (Å²) in [6.45, 7) is 4.44. The number of thioether (sulfide) groups is 1. The Bertz CT molecular complexity index is 1300. The maximum atomic E-state index is 12.8. The molecule has 1 heterocycles. The van der Waals surface area contributed by atoms with Crippen LogP contribution in [-0.4, -0.2) is 32.3 Å². The van der Waals surface area contributed by atoms with Gasteiger partial charge in [0.05, 0.1) is 22.7 Å². The maximum absolute atomic E-state index is 12.8. The fourth-order valence-electron chi connectivity index (χ4n) is 3.41. The molecule has 2 amide bonds. The average Bonchev–Trinajstić information content (AvgIpc) is 3.31. The van der Waals surface area contributed by atoms with Crippen molar-refractivity contribution in [3.05, 3.63) is 101 Å². The van der Waals surface area contributed by atoms with Gasteiger partial charge in [-0.25, -0.2) is 0 Å². The molecule has 3 aromatic carbocycles. The number of carbonyl (C=O) groups excluding carboxylic acids is 2. The summed E-state index contributed by atoms with van der Waals surface area (Å²) >= 11 is 1.28. The zero-order chi connectivity index (χ0) is 23.9. The number of rotatable bonds is 8. The molecule has 2 N–H and O–H groups in total. The first kappa shape index (κ1) is 23.3. The Balaban J connectivity index is 1.38. The van der Waals surface area contributed by atoms with E-state index < -0.39 is 0 Å². The summed E-state index contributed by atoms with van der Waals surface area (Å²) < 4.78 is 1.86. The summed E-state index contributed by atoms with van der Waals surface area (Å²) in [5.74, 6) is -0.351. The molecule has 0 saturated carbocycles. The average molecular weight is 472 g/mol. The molecule has 0 atom stereocenters. The number of nitrogens with one attached hydrogen (secondary N) is 2. The summed E-state index contributed by atoms with van der Waals surface area (Å²) in [6, 6.07) is 22.9. The molecule has 0 aliphatic rings. The van der Waals surface area contributed by atoms with Crippen molar-refractivity contribution in [2.24, 2.45) is 0 Å². The lowest BCUT2D eigenvalue weighted by Crippen LogP contribution is -2.25. The van der Waals surface area contributed by atoms with Crippen LogP contribution >= 0.6 is 11.8 Å². The number of anilines is 1. The van der Waals surface area contributed by atoms with Crippen LogP contribution in [0.3, 0.4) is 0 Å². The fourth-order valence-corrected chi connectivity index (χ4v) is 4.13. The molecule has 172 valence electrons. The Morgan fingerprint density at radius 1 is 0.941 bits per heavy atom. The van der Waals surface area contributed by atoms with E-state index in [0.29, 0.717) is 23.0 Å². The molecule has 4 aromatic rings. The molecule has 7 nitrogen and oxygen atoms in total. The van der Waals surface area contributed by atoms with Crippen molar-refractivity contribution in [1.29, 1.82) is 0 Å². The van der Waals surface area contributed by atoms with E-state index >= 15 is 0 Å². The highest BCUT2D eigenvalue weighted by Gasteiger charge is 2.15. The molecular weight excluding hydrogens is 446 g/mol. The van der Waals surface area contributed by atoms with E-state index in [-0.39, 0.29) is 17.6 Å². The third-order valence-electron chi connectivity index (χ3n) is 5.24. The summed E-state index contributed by atoms with van der Waals surface area (Å²) in [7, 11) is 0. The zero-order valence-electron chi connectivity index (χ0n) is 19.0. The molecule has 0 radical (unpaired) electrons. The van der Waals surface area contributed by atoms with Gasteiger partial charge in [0, 0.05) is 6.54 Å². The summed E-state index contributed by atoms with van der Waals surface area (Å²) in [4.78, 5) is 25.5. The van der Waals surface area contributed by atoms with Gasteiger partial charge in [0.2, 0.25) is 5.91 Å². The standard InChI is InChI=1S/C26H25N5O2S/c1-18-11-13-20(14-12-18)15-27-25(33)21-8-4-5-9-22(21)29-24(32)16-34-26-30-28-17-31(26)23-10-6-3-7-19(23)2/h3-14,17H,15-16H2,1-2H3,(H,27,33)(H,29,32). The van der Waals surface area contributed by atoms with Crippen LogP contribution in [0.2, 0.25) is 0 Å². The number of carbonyl (C=O) groups is 2. The van der Waals surface area contributed by atoms with Crippen molar-refractivity contribution in [1.82, 2.24) is 20.1 Å². The van der Waals surface area contributed by atoms with E-state index in [1.807, 2.05) is 66.9 Å². The monoisotopic (exact) mass is 471 g/mol. The molecule has 0 unspecified atom stereocenters. The number of hydrogen-bond donors (Lipinski definition) is 2. The van der Waals surface area contributed by atoms with Crippen LogP contribution < -0.4 is 10.6 Å². The minimum atomic E-state index is -0.247. The van der Waals surface area contributed by atoms with E-state index in [2.05, 4.69) is 20.8 Å². The lowest BCUT2D eigenvalue weighted by Gasteiger charge is -2.12. The van der Waals surface area contributed by atoms with Gasteiger partial charge in [-0.1, -0.05) is 71.9 Å². The molecular formula is C26H25N5O2S. The van der Waals surface area contributed by atoms with E-state index in [9.17, 15) is 9.59 Å². The minimum absolute atomic E-state index is 0.129. The van der Waals surface area contributed by atoms with Crippen LogP contribution in [0.25, 0.3) is 5.69 Å². The van der Waals surface area contributed by atoms with Gasteiger partial charge >= 0.3 is 0 Å². The highest BCUT2D eigenvalue weighted by molar-refractivity contribution is 7.99. The summed E-state index contributed by atoms with van der Waals surface area (Å²) in [5, 5.41) is 14.5. The molecule has 4 rings (SSSR count). The summed E-state index contributed by atoms with van der Waals surface area (Å²) in [5.41, 5.74) is 5.10. The third kappa shape index (κ3) is 5.71. The number of hydrogen-bond acceptors (Lipinski definition) is 5. The van der Waals surface area contributed by atoms with Crippen LogP contribution in [0.5, 0.6) is 0 Å². The lowest BCUT2D eigenvalue weighted by atomic mass is 10.1. The molecule has 0 saturated heterocycles. The van der Waals surface area contributed by atoms with Gasteiger partial charge in [-0.3, -0.25) is 14.2 Å². The third-order valence-corrected chi connectivity index (χ3v) is 6.19. The molecule has 0 aliphatic carbocycles. The Morgan fingerprint density at radius 2 is 1.68 bits per heavy atom. The normalized spacial score (nSPS) is 10.6. The topological polar surface area (TPSA) is 88.9 Å². The van der Waals surface area contributed by atoms with Crippen LogP contribution in [0.4, 0.5) is 5.69 Å². The Hall–Kier alpha value is -3.91. The number of aryl methyl sites for hydroxylation is 2. The first-order chi connectivity index (χ1) is 16.5. The number of nitrogens with zero attached hydrogens (tertiary/aromatic N) is 3. The molecule has 1 aromatic heterocycles. The second kappa shape index (κ2) is 10.8. The van der Waals surface area contributed by atoms with Crippen molar-refractivity contribution >= 4 is 29.3 Å². The summed E-state index contributed by atoms with van der Waals surface area (Å²) in [6.07, 6.45) is 1.64. The van der Waals surface area contributed by atoms with Crippen molar-refractivity contribution in [2.75, 3.05) is 11.1 Å². The van der Waals surface area contributed by atoms with E-state index in [4.69, 9.17) is 0 Å². The first-order valence-electron chi connectivity index (χ1n) is 10.8. The quantitative estimate of drug-likeness (QED) is 0.368. The number of para-hydroxylation sites is 2. The number of aromatic nitrogens is 3. The van der Waals surface area contributed by atoms with Gasteiger partial charge < -0.3 is 10.6 Å². The van der Waals surface area contributed by atoms with Gasteiger partial charge in [0.1, 0.15) is 6.33 Å². The highest BCUT2D eigenvalue weighted by atomic mass is 32.2. The maximum Gasteiger partial charge on any atom is 0.253 e. The molecule has 8 heteroatoms. The molecule has 0 spiro atoms. The molecule has 0 fully saturated rings. The second-order valence-electron chi connectivity index (χ2n) is 7.82. The molecule has 0 aliphatic heterocycles. The van der Waals surface area contributed by atoms with Crippen molar-refractivity contribution in [3.63, 3.8) is 0 Å². The Kier molecular flexibility index (Phi) is 7.39. The van der Waals surface area contributed by atoms with Gasteiger partial charge in [-0.15, -0.1) is 10.2 Å². The van der Waals surface area contributed by atoms with Crippen molar-refractivity contribution < 1.29 is 9.59 Å². The van der Waals surface area contributed by atoms with Gasteiger partial charge in [-0.2, -0.15) is 0 Å². The Morgan fingerprint density at radius 3 is 2.47 bits per heavy atom. The predicted octanol–water partition coefficient (Wildman–Crippen LogP) is 4.54. The first-order valence-corrected chi connectivity index (χ1v) is 11.8. The highest BCUT2D eigenvalue weighted by Crippen LogP contribution is 2.22. The lowest BCUT2D eigenvalue weighted by molar-refractivity contribution is -0.113. The zero-order valence-corrected chi connectivity index (χ0v) is 19.8. The van der Waals surface area contributed by atoms with Gasteiger partial charge in [0.25, 0.3) is 5.91 Å². The molecule has 0 bridgehead atoms. The second-order valence-corrected chi connectivity index (χ2v) is 8.76. The van der Waals surface area contributed by atoms with E-state index in [1.165, 1.54) is 11.8 Å². The number of benzene rings is 3. The van der Waals surface area contributed by atoms with Gasteiger partial charge in [0.15, 0.2) is 5.16 Å². The van der Waals surface area contributed by atoms with Crippen LogP contribution in [-0.2, 0) is 11.3 Å². The number of amides is 2. The molecule has 34 heavy (non-hydrogen) atoms. The smallest absolute Gasteiger partial charge is 0.253 e. The SMILES string of the molecule is Cc1ccc(CNC(=O)c2ccccc2NC(=O)CSc2nncn2-c2ccccc2C)cc1. The van der Waals surface area contributed by atoms with Crippen LogP contribution in [0.1, 0.15) is 27.0 Å². The largest absolute Gasteiger partial charge is 0.348 e.